The van der Waals surface area contributed by atoms with Gasteiger partial charge in [0.2, 0.25) is 0 Å². The first-order valence-electron chi connectivity index (χ1n) is 41.6. The number of rotatable bonds is 69. The van der Waals surface area contributed by atoms with E-state index in [1.807, 2.05) is 35.3 Å². The van der Waals surface area contributed by atoms with Gasteiger partial charge in [-0.3, -0.25) is 0 Å². The van der Waals surface area contributed by atoms with Crippen molar-refractivity contribution in [1.29, 1.82) is 0 Å². The fourth-order valence-corrected chi connectivity index (χ4v) is 9.61. The molecule has 9 unspecified atom stereocenters. The number of thioether (sulfide) groups is 3. The van der Waals surface area contributed by atoms with Gasteiger partial charge in [0, 0.05) is 99.1 Å². The maximum atomic E-state index is 5.96. The predicted molar refractivity (Wildman–Crippen MR) is 450 cm³/mol. The lowest BCUT2D eigenvalue weighted by atomic mass is 10.1. The fraction of sp³-hybridized carbons (Fsp3) is 1.00. The molecule has 614 valence electrons. The lowest BCUT2D eigenvalue weighted by Crippen LogP contribution is -2.28. The Bertz CT molecular complexity index is 1180. The molecule has 0 saturated carbocycles. The molecule has 0 aromatic carbocycles. The predicted octanol–water partition coefficient (Wildman–Crippen LogP) is 24.3. The monoisotopic (exact) mass is 1490 g/mol. The summed E-state index contributed by atoms with van der Waals surface area (Å²) in [7, 11) is 0. The van der Waals surface area contributed by atoms with E-state index in [-0.39, 0.29) is 25.7 Å². The molecule has 0 aromatic rings. The summed E-state index contributed by atoms with van der Waals surface area (Å²) in [4.78, 5) is 0. The Balaban J connectivity index is -0.000000213. The van der Waals surface area contributed by atoms with Gasteiger partial charge in [-0.25, -0.2) is 0 Å². The fourth-order valence-electron chi connectivity index (χ4n) is 7.78. The van der Waals surface area contributed by atoms with E-state index in [9.17, 15) is 0 Å². The number of hydrogen-bond donors (Lipinski definition) is 0. The van der Waals surface area contributed by atoms with Crippen LogP contribution in [0.4, 0.5) is 0 Å². The van der Waals surface area contributed by atoms with Gasteiger partial charge >= 0.3 is 0 Å². The maximum Gasteiger partial charge on any atom is 0.104 e. The minimum atomic E-state index is 0. The molecule has 0 saturated heterocycles. The molecule has 0 bridgehead atoms. The third-order valence-corrected chi connectivity index (χ3v) is 20.3. The average molecular weight is 1490 g/mol. The van der Waals surface area contributed by atoms with Crippen LogP contribution in [0.5, 0.6) is 0 Å². The molecule has 12 nitrogen and oxygen atoms in total. The molecule has 0 rings (SSSR count). The summed E-state index contributed by atoms with van der Waals surface area (Å²) in [5.74, 6) is 12.9. The van der Waals surface area contributed by atoms with E-state index in [0.29, 0.717) is 75.1 Å². The summed E-state index contributed by atoms with van der Waals surface area (Å²) >= 11 is 5.90. The second-order valence-electron chi connectivity index (χ2n) is 28.3. The van der Waals surface area contributed by atoms with Gasteiger partial charge in [-0.2, -0.15) is 35.3 Å². The molecule has 0 aliphatic heterocycles. The van der Waals surface area contributed by atoms with Crippen molar-refractivity contribution >= 4 is 35.3 Å². The summed E-state index contributed by atoms with van der Waals surface area (Å²) in [6.45, 7) is 69.9. The Labute approximate surface area is 641 Å². The second-order valence-corrected chi connectivity index (χ2v) is 32.5. The topological polar surface area (TPSA) is 111 Å². The van der Waals surface area contributed by atoms with Crippen molar-refractivity contribution in [3.05, 3.63) is 0 Å². The quantitative estimate of drug-likeness (QED) is 0.0538. The van der Waals surface area contributed by atoms with Crippen molar-refractivity contribution in [3.63, 3.8) is 0 Å². The van der Waals surface area contributed by atoms with Gasteiger partial charge < -0.3 is 56.8 Å². The van der Waals surface area contributed by atoms with Crippen LogP contribution in [0.15, 0.2) is 0 Å². The first-order chi connectivity index (χ1) is 47.8. The standard InChI is InChI=1S/3C18H38O3S.3C10H22O.CH4/c3*1-6-16(4)12-19-14-18(15-20-13-17(5)7-2)21-10-9-11-22-8-3;3*1-4-6-7-8-11-9-10(3)5-2;/h3*16-18H,6-15H2,1-5H3;3*10H,4-9H2,1-3H3;1H4. The Morgan fingerprint density at radius 2 is 0.370 bits per heavy atom. The van der Waals surface area contributed by atoms with E-state index >= 15 is 0 Å². The lowest BCUT2D eigenvalue weighted by molar-refractivity contribution is -0.0675. The molecule has 0 heterocycles. The van der Waals surface area contributed by atoms with Gasteiger partial charge in [0.1, 0.15) is 18.3 Å². The highest BCUT2D eigenvalue weighted by atomic mass is 32.2. The van der Waals surface area contributed by atoms with Crippen LogP contribution in [0, 0.1) is 53.3 Å². The average Bonchev–Trinajstić information content (AvgIpc) is 2.29. The van der Waals surface area contributed by atoms with Crippen LogP contribution in [-0.4, -0.2) is 192 Å². The third-order valence-electron chi connectivity index (χ3n) is 17.4. The number of unbranched alkanes of at least 4 members (excludes halogenated alkanes) is 6. The van der Waals surface area contributed by atoms with Crippen molar-refractivity contribution in [2.24, 2.45) is 53.3 Å². The Hall–Kier alpha value is 0.570. The summed E-state index contributed by atoms with van der Waals surface area (Å²) in [5, 5.41) is 0. The van der Waals surface area contributed by atoms with E-state index in [1.54, 1.807) is 0 Å². The van der Waals surface area contributed by atoms with Crippen molar-refractivity contribution in [2.45, 2.75) is 327 Å². The van der Waals surface area contributed by atoms with Crippen LogP contribution in [0.1, 0.15) is 308 Å². The smallest absolute Gasteiger partial charge is 0.104 e. The molecule has 0 amide bonds. The van der Waals surface area contributed by atoms with E-state index in [0.717, 1.165) is 175 Å². The zero-order valence-electron chi connectivity index (χ0n) is 71.0. The normalized spacial score (nSPS) is 14.8. The van der Waals surface area contributed by atoms with E-state index in [4.69, 9.17) is 56.8 Å². The Kier molecular flexibility index (Phi) is 111. The highest BCUT2D eigenvalue weighted by Gasteiger charge is 2.16. The Morgan fingerprint density at radius 1 is 0.200 bits per heavy atom. The highest BCUT2D eigenvalue weighted by molar-refractivity contribution is 7.99. The van der Waals surface area contributed by atoms with Crippen LogP contribution in [0.3, 0.4) is 0 Å². The SMILES string of the molecule is C.CCCCCOCC(C)CC.CCCCCOCC(C)CC.CCCCCOCC(C)CC.CCSCCCOC(COCC(C)CC)COCC(C)CC.CCSCCCOC(COCC(C)CC)COCC(C)CC.CCSCCCOC(COCC(C)CC)COCC(C)CC. The molecule has 0 aromatic heterocycles. The molecular formula is C85H184O12S3. The minimum Gasteiger partial charge on any atom is -0.381 e. The van der Waals surface area contributed by atoms with Gasteiger partial charge in [0.05, 0.1) is 39.6 Å². The maximum absolute atomic E-state index is 5.96. The summed E-state index contributed by atoms with van der Waals surface area (Å²) in [6.07, 6.45) is 25.6. The minimum absolute atomic E-state index is 0. The van der Waals surface area contributed by atoms with Crippen LogP contribution in [0.25, 0.3) is 0 Å². The molecule has 0 aliphatic carbocycles. The van der Waals surface area contributed by atoms with E-state index in [1.165, 1.54) is 112 Å². The molecule has 15 heteroatoms. The zero-order chi connectivity index (χ0) is 75.5. The third kappa shape index (κ3) is 101. The molecule has 0 fully saturated rings. The van der Waals surface area contributed by atoms with Gasteiger partial charge in [0.25, 0.3) is 0 Å². The molecule has 9 atom stereocenters. The van der Waals surface area contributed by atoms with Gasteiger partial charge in [-0.05, 0) is 126 Å². The molecule has 0 spiro atoms. The molecule has 0 aliphatic rings. The number of hydrogen-bond acceptors (Lipinski definition) is 15. The van der Waals surface area contributed by atoms with Gasteiger partial charge in [-0.1, -0.05) is 270 Å². The largest absolute Gasteiger partial charge is 0.381 e. The van der Waals surface area contributed by atoms with Crippen molar-refractivity contribution in [1.82, 2.24) is 0 Å². The summed E-state index contributed by atoms with van der Waals surface area (Å²) in [6, 6.07) is 0. The van der Waals surface area contributed by atoms with Crippen LogP contribution < -0.4 is 0 Å². The molecule has 100 heavy (non-hydrogen) atoms. The molecule has 0 N–H and O–H groups in total. The Morgan fingerprint density at radius 3 is 0.520 bits per heavy atom. The highest BCUT2D eigenvalue weighted by Crippen LogP contribution is 2.13. The summed E-state index contributed by atoms with van der Waals surface area (Å²) < 4.78 is 69.1. The first-order valence-corrected chi connectivity index (χ1v) is 45.1. The molecule has 0 radical (unpaired) electrons. The van der Waals surface area contributed by atoms with E-state index in [2.05, 4.69) is 166 Å². The number of ether oxygens (including phenoxy) is 12. The zero-order valence-corrected chi connectivity index (χ0v) is 73.4. The van der Waals surface area contributed by atoms with E-state index < -0.39 is 0 Å². The lowest BCUT2D eigenvalue weighted by Gasteiger charge is -2.20. The van der Waals surface area contributed by atoms with Gasteiger partial charge in [0.15, 0.2) is 0 Å². The van der Waals surface area contributed by atoms with Crippen molar-refractivity contribution < 1.29 is 56.8 Å². The van der Waals surface area contributed by atoms with Crippen LogP contribution in [-0.2, 0) is 56.8 Å². The summed E-state index contributed by atoms with van der Waals surface area (Å²) in [5.41, 5.74) is 0. The van der Waals surface area contributed by atoms with Crippen LogP contribution in [0.2, 0.25) is 0 Å². The first kappa shape index (κ1) is 114. The van der Waals surface area contributed by atoms with Gasteiger partial charge in [-0.15, -0.1) is 0 Å². The van der Waals surface area contributed by atoms with Crippen molar-refractivity contribution in [2.75, 3.05) is 173 Å². The van der Waals surface area contributed by atoms with Crippen LogP contribution >= 0.6 is 35.3 Å². The molecular weight excluding hydrogens is 1310 g/mol. The second kappa shape index (κ2) is 97.6. The van der Waals surface area contributed by atoms with Crippen molar-refractivity contribution in [3.8, 4) is 0 Å².